The molecule has 1 aromatic heterocycles. The third kappa shape index (κ3) is 1.99. The average Bonchev–Trinajstić information content (AvgIpc) is 2.56. The van der Waals surface area contributed by atoms with Gasteiger partial charge in [-0.15, -0.1) is 0 Å². The summed E-state index contributed by atoms with van der Waals surface area (Å²) in [7, 11) is 0. The maximum atomic E-state index is 5.85. The number of halogens is 3. The van der Waals surface area contributed by atoms with Gasteiger partial charge < -0.3 is 4.52 Å². The predicted octanol–water partition coefficient (Wildman–Crippen LogP) is 3.92. The lowest BCUT2D eigenvalue weighted by molar-refractivity contribution is 0.426. The molecule has 0 radical (unpaired) electrons. The molecule has 2 rings (SSSR count). The second-order valence-electron chi connectivity index (χ2n) is 2.49. The zero-order valence-corrected chi connectivity index (χ0v) is 10.6. The molecule has 72 valence electrons. The molecule has 14 heavy (non-hydrogen) atoms. The normalized spacial score (nSPS) is 10.5. The SMILES string of the molecule is Clc1ccc(Br)c(-c2nc(Br)no2)c1. The fourth-order valence-corrected chi connectivity index (χ4v) is 1.80. The molecule has 0 unspecified atom stereocenters. The largest absolute Gasteiger partial charge is 0.333 e. The molecule has 6 heteroatoms. The van der Waals surface area contributed by atoms with Gasteiger partial charge in [-0.1, -0.05) is 11.6 Å². The van der Waals surface area contributed by atoms with Crippen molar-refractivity contribution in [3.63, 3.8) is 0 Å². The molecule has 2 aromatic rings. The Morgan fingerprint density at radius 1 is 1.29 bits per heavy atom. The van der Waals surface area contributed by atoms with Crippen molar-refractivity contribution in [1.82, 2.24) is 10.1 Å². The third-order valence-electron chi connectivity index (χ3n) is 1.56. The topological polar surface area (TPSA) is 38.9 Å². The van der Waals surface area contributed by atoms with Crippen LogP contribution in [-0.4, -0.2) is 10.1 Å². The summed E-state index contributed by atoms with van der Waals surface area (Å²) in [6.45, 7) is 0. The minimum atomic E-state index is 0.416. The fourth-order valence-electron chi connectivity index (χ4n) is 0.976. The van der Waals surface area contributed by atoms with Gasteiger partial charge in [0.1, 0.15) is 0 Å². The molecular weight excluding hydrogens is 335 g/mol. The Balaban J connectivity index is 2.55. The summed E-state index contributed by atoms with van der Waals surface area (Å²) in [6, 6.07) is 5.36. The Labute approximate surface area is 102 Å². The van der Waals surface area contributed by atoms with E-state index in [4.69, 9.17) is 16.1 Å². The van der Waals surface area contributed by atoms with Crippen LogP contribution < -0.4 is 0 Å². The van der Waals surface area contributed by atoms with E-state index in [0.717, 1.165) is 10.0 Å². The number of hydrogen-bond acceptors (Lipinski definition) is 3. The van der Waals surface area contributed by atoms with Gasteiger partial charge in [-0.05, 0) is 55.2 Å². The molecule has 0 aliphatic rings. The van der Waals surface area contributed by atoms with E-state index in [2.05, 4.69) is 42.0 Å². The van der Waals surface area contributed by atoms with Crippen LogP contribution in [-0.2, 0) is 0 Å². The van der Waals surface area contributed by atoms with Crippen LogP contribution in [0.15, 0.2) is 31.9 Å². The molecule has 0 spiro atoms. The van der Waals surface area contributed by atoms with E-state index in [1.807, 2.05) is 6.07 Å². The lowest BCUT2D eigenvalue weighted by Gasteiger charge is -1.98. The van der Waals surface area contributed by atoms with Gasteiger partial charge in [0.2, 0.25) is 4.73 Å². The monoisotopic (exact) mass is 336 g/mol. The molecule has 0 aliphatic heterocycles. The van der Waals surface area contributed by atoms with Crippen molar-refractivity contribution in [1.29, 1.82) is 0 Å². The van der Waals surface area contributed by atoms with Gasteiger partial charge in [-0.25, -0.2) is 0 Å². The lowest BCUT2D eigenvalue weighted by atomic mass is 10.2. The molecule has 0 bridgehead atoms. The van der Waals surface area contributed by atoms with Crippen LogP contribution in [0.1, 0.15) is 0 Å². The molecule has 3 nitrogen and oxygen atoms in total. The summed E-state index contributed by atoms with van der Waals surface area (Å²) in [4.78, 5) is 4.03. The fraction of sp³-hybridized carbons (Fsp3) is 0. The van der Waals surface area contributed by atoms with Crippen molar-refractivity contribution in [3.05, 3.63) is 32.4 Å². The van der Waals surface area contributed by atoms with Gasteiger partial charge in [0.25, 0.3) is 5.89 Å². The molecule has 0 amide bonds. The molecule has 0 saturated heterocycles. The number of benzene rings is 1. The van der Waals surface area contributed by atoms with E-state index in [9.17, 15) is 0 Å². The standard InChI is InChI=1S/C8H3Br2ClN2O/c9-6-2-1-4(11)3-5(6)7-12-8(10)13-14-7/h1-3H. The minimum absolute atomic E-state index is 0.416. The van der Waals surface area contributed by atoms with Crippen molar-refractivity contribution >= 4 is 43.5 Å². The Morgan fingerprint density at radius 2 is 2.07 bits per heavy atom. The summed E-state index contributed by atoms with van der Waals surface area (Å²) in [5.74, 6) is 0.422. The summed E-state index contributed by atoms with van der Waals surface area (Å²) >= 11 is 12.3. The van der Waals surface area contributed by atoms with Gasteiger partial charge in [0.15, 0.2) is 0 Å². The van der Waals surface area contributed by atoms with E-state index in [1.54, 1.807) is 12.1 Å². The van der Waals surface area contributed by atoms with Crippen molar-refractivity contribution in [2.24, 2.45) is 0 Å². The molecular formula is C8H3Br2ClN2O. The quantitative estimate of drug-likeness (QED) is 0.791. The van der Waals surface area contributed by atoms with E-state index >= 15 is 0 Å². The zero-order valence-electron chi connectivity index (χ0n) is 6.67. The van der Waals surface area contributed by atoms with Gasteiger partial charge in [0.05, 0.1) is 5.56 Å². The van der Waals surface area contributed by atoms with Gasteiger partial charge in [-0.3, -0.25) is 0 Å². The van der Waals surface area contributed by atoms with Crippen LogP contribution in [0.25, 0.3) is 11.5 Å². The van der Waals surface area contributed by atoms with Crippen molar-refractivity contribution < 1.29 is 4.52 Å². The Kier molecular flexibility index (Phi) is 2.90. The Morgan fingerprint density at radius 3 is 2.71 bits per heavy atom. The van der Waals surface area contributed by atoms with Crippen LogP contribution in [0, 0.1) is 0 Å². The highest BCUT2D eigenvalue weighted by atomic mass is 79.9. The highest BCUT2D eigenvalue weighted by Gasteiger charge is 2.10. The molecule has 0 N–H and O–H groups in total. The second-order valence-corrected chi connectivity index (χ2v) is 4.49. The van der Waals surface area contributed by atoms with Gasteiger partial charge >= 0.3 is 0 Å². The first-order valence-electron chi connectivity index (χ1n) is 3.61. The van der Waals surface area contributed by atoms with Crippen LogP contribution in [0.2, 0.25) is 5.02 Å². The molecule has 0 atom stereocenters. The number of aromatic nitrogens is 2. The van der Waals surface area contributed by atoms with Gasteiger partial charge in [-0.2, -0.15) is 4.98 Å². The van der Waals surface area contributed by atoms with Crippen LogP contribution in [0.5, 0.6) is 0 Å². The van der Waals surface area contributed by atoms with Crippen LogP contribution in [0.3, 0.4) is 0 Å². The van der Waals surface area contributed by atoms with Crippen LogP contribution in [0.4, 0.5) is 0 Å². The number of hydrogen-bond donors (Lipinski definition) is 0. The first kappa shape index (κ1) is 10.1. The van der Waals surface area contributed by atoms with E-state index in [1.165, 1.54) is 0 Å². The highest BCUT2D eigenvalue weighted by Crippen LogP contribution is 2.30. The Bertz CT molecular complexity index is 472. The van der Waals surface area contributed by atoms with Crippen molar-refractivity contribution in [2.75, 3.05) is 0 Å². The zero-order chi connectivity index (χ0) is 10.1. The maximum Gasteiger partial charge on any atom is 0.259 e. The predicted molar refractivity (Wildman–Crippen MR) is 60.1 cm³/mol. The van der Waals surface area contributed by atoms with E-state index in [-0.39, 0.29) is 0 Å². The molecule has 0 aliphatic carbocycles. The number of rotatable bonds is 1. The summed E-state index contributed by atoms with van der Waals surface area (Å²) in [5.41, 5.74) is 0.774. The first-order chi connectivity index (χ1) is 6.66. The Hall–Kier alpha value is -0.390. The lowest BCUT2D eigenvalue weighted by Crippen LogP contribution is -1.79. The van der Waals surface area contributed by atoms with Crippen molar-refractivity contribution in [2.45, 2.75) is 0 Å². The molecule has 1 aromatic carbocycles. The molecule has 0 saturated carbocycles. The minimum Gasteiger partial charge on any atom is -0.333 e. The highest BCUT2D eigenvalue weighted by molar-refractivity contribution is 9.10. The maximum absolute atomic E-state index is 5.85. The average molecular weight is 338 g/mol. The molecule has 0 fully saturated rings. The summed E-state index contributed by atoms with van der Waals surface area (Å²) in [6.07, 6.45) is 0. The second kappa shape index (κ2) is 4.00. The summed E-state index contributed by atoms with van der Waals surface area (Å²) in [5, 5.41) is 4.25. The summed E-state index contributed by atoms with van der Waals surface area (Å²) < 4.78 is 6.26. The smallest absolute Gasteiger partial charge is 0.259 e. The first-order valence-corrected chi connectivity index (χ1v) is 5.58. The van der Waals surface area contributed by atoms with Gasteiger partial charge in [0, 0.05) is 9.50 Å². The van der Waals surface area contributed by atoms with Crippen LogP contribution >= 0.6 is 43.5 Å². The van der Waals surface area contributed by atoms with Crippen molar-refractivity contribution in [3.8, 4) is 11.5 Å². The molecule has 1 heterocycles. The van der Waals surface area contributed by atoms with E-state index in [0.29, 0.717) is 15.6 Å². The third-order valence-corrected chi connectivity index (χ3v) is 2.81. The number of nitrogens with zero attached hydrogens (tertiary/aromatic N) is 2. The van der Waals surface area contributed by atoms with E-state index < -0.39 is 0 Å².